The van der Waals surface area contributed by atoms with Gasteiger partial charge in [0.05, 0.1) is 5.75 Å². The Labute approximate surface area is 137 Å². The van der Waals surface area contributed by atoms with Crippen LogP contribution in [0.25, 0.3) is 11.0 Å². The third-order valence-electron chi connectivity index (χ3n) is 3.35. The van der Waals surface area contributed by atoms with Gasteiger partial charge in [-0.05, 0) is 36.8 Å². The molecule has 1 aromatic heterocycles. The van der Waals surface area contributed by atoms with Crippen LogP contribution in [-0.4, -0.2) is 11.7 Å². The maximum Gasteiger partial charge on any atom is 0.336 e. The highest BCUT2D eigenvalue weighted by molar-refractivity contribution is 8.00. The average molecular weight is 325 g/mol. The minimum absolute atomic E-state index is 0.104. The number of carbonyl (C=O) groups excluding carboxylic acids is 1. The smallest absolute Gasteiger partial charge is 0.336 e. The van der Waals surface area contributed by atoms with Gasteiger partial charge in [-0.1, -0.05) is 18.2 Å². The minimum Gasteiger partial charge on any atom is -0.423 e. The van der Waals surface area contributed by atoms with Crippen molar-refractivity contribution in [3.63, 3.8) is 0 Å². The second-order valence-corrected chi connectivity index (χ2v) is 6.16. The minimum atomic E-state index is -0.391. The summed E-state index contributed by atoms with van der Waals surface area (Å²) in [6, 6.07) is 16.5. The van der Waals surface area contributed by atoms with E-state index in [1.807, 2.05) is 43.3 Å². The van der Waals surface area contributed by atoms with E-state index >= 15 is 0 Å². The molecule has 116 valence electrons. The third kappa shape index (κ3) is 3.81. The van der Waals surface area contributed by atoms with Gasteiger partial charge in [-0.3, -0.25) is 4.79 Å². The number of amides is 1. The Balaban J connectivity index is 1.71. The zero-order valence-electron chi connectivity index (χ0n) is 12.5. The summed E-state index contributed by atoms with van der Waals surface area (Å²) in [5, 5.41) is 3.68. The van der Waals surface area contributed by atoms with Gasteiger partial charge >= 0.3 is 5.63 Å². The summed E-state index contributed by atoms with van der Waals surface area (Å²) >= 11 is 1.47. The maximum atomic E-state index is 12.0. The number of anilines is 1. The topological polar surface area (TPSA) is 59.3 Å². The molecule has 0 bridgehead atoms. The molecular weight excluding hydrogens is 310 g/mol. The van der Waals surface area contributed by atoms with Crippen molar-refractivity contribution in [2.45, 2.75) is 11.8 Å². The van der Waals surface area contributed by atoms with Crippen LogP contribution in [0.4, 0.5) is 5.69 Å². The van der Waals surface area contributed by atoms with Gasteiger partial charge in [-0.2, -0.15) is 0 Å². The molecule has 0 saturated heterocycles. The van der Waals surface area contributed by atoms with Crippen molar-refractivity contribution in [2.75, 3.05) is 11.1 Å². The van der Waals surface area contributed by atoms with Gasteiger partial charge in [-0.15, -0.1) is 11.8 Å². The molecule has 0 atom stereocenters. The number of aryl methyl sites for hydroxylation is 1. The number of thioether (sulfide) groups is 1. The Morgan fingerprint density at radius 3 is 2.70 bits per heavy atom. The number of hydrogen-bond acceptors (Lipinski definition) is 4. The molecule has 1 amide bonds. The molecule has 0 unspecified atom stereocenters. The Morgan fingerprint density at radius 1 is 1.13 bits per heavy atom. The number of hydrogen-bond donors (Lipinski definition) is 1. The highest BCUT2D eigenvalue weighted by atomic mass is 32.2. The Morgan fingerprint density at radius 2 is 1.91 bits per heavy atom. The molecule has 1 N–H and O–H groups in total. The SMILES string of the molecule is Cc1cc(=O)oc2cc(NC(=O)CSc3ccccc3)ccc12. The van der Waals surface area contributed by atoms with Crippen molar-refractivity contribution >= 4 is 34.3 Å². The molecule has 0 radical (unpaired) electrons. The molecule has 5 heteroatoms. The van der Waals surface area contributed by atoms with Crippen LogP contribution in [0.15, 0.2) is 68.7 Å². The first-order valence-corrected chi connectivity index (χ1v) is 8.12. The second-order valence-electron chi connectivity index (χ2n) is 5.11. The molecule has 0 saturated carbocycles. The van der Waals surface area contributed by atoms with Crippen LogP contribution in [0.3, 0.4) is 0 Å². The van der Waals surface area contributed by atoms with Crippen LogP contribution in [0.2, 0.25) is 0 Å². The molecule has 0 aliphatic carbocycles. The van der Waals surface area contributed by atoms with Gasteiger partial charge < -0.3 is 9.73 Å². The first-order chi connectivity index (χ1) is 11.1. The van der Waals surface area contributed by atoms with E-state index in [9.17, 15) is 9.59 Å². The fraction of sp³-hybridized carbons (Fsp3) is 0.111. The standard InChI is InChI=1S/C18H15NO3S/c1-12-9-18(21)22-16-10-13(7-8-15(12)16)19-17(20)11-23-14-5-3-2-4-6-14/h2-10H,11H2,1H3,(H,19,20). The third-order valence-corrected chi connectivity index (χ3v) is 4.36. The normalized spacial score (nSPS) is 10.7. The predicted molar refractivity (Wildman–Crippen MR) is 93.0 cm³/mol. The maximum absolute atomic E-state index is 12.0. The largest absolute Gasteiger partial charge is 0.423 e. The lowest BCUT2D eigenvalue weighted by atomic mass is 10.1. The summed E-state index contributed by atoms with van der Waals surface area (Å²) < 4.78 is 5.18. The lowest BCUT2D eigenvalue weighted by Gasteiger charge is -2.07. The lowest BCUT2D eigenvalue weighted by Crippen LogP contribution is -2.14. The Hall–Kier alpha value is -2.53. The first kappa shape index (κ1) is 15.4. The molecule has 23 heavy (non-hydrogen) atoms. The van der Waals surface area contributed by atoms with Gasteiger partial charge in [0.1, 0.15) is 5.58 Å². The van der Waals surface area contributed by atoms with Crippen molar-refractivity contribution in [3.8, 4) is 0 Å². The summed E-state index contributed by atoms with van der Waals surface area (Å²) in [5.74, 6) is 0.216. The summed E-state index contributed by atoms with van der Waals surface area (Å²) in [6.07, 6.45) is 0. The van der Waals surface area contributed by atoms with Gasteiger partial charge in [-0.25, -0.2) is 4.79 Å². The first-order valence-electron chi connectivity index (χ1n) is 7.14. The molecule has 0 spiro atoms. The molecule has 0 aliphatic rings. The zero-order valence-corrected chi connectivity index (χ0v) is 13.4. The van der Waals surface area contributed by atoms with E-state index in [-0.39, 0.29) is 5.91 Å². The van der Waals surface area contributed by atoms with E-state index in [1.165, 1.54) is 17.8 Å². The molecular formula is C18H15NO3S. The molecule has 1 heterocycles. The molecule has 3 rings (SSSR count). The van der Waals surface area contributed by atoms with Gasteiger partial charge in [0.15, 0.2) is 0 Å². The fourth-order valence-electron chi connectivity index (χ4n) is 2.27. The highest BCUT2D eigenvalue weighted by Gasteiger charge is 2.07. The number of carbonyl (C=O) groups is 1. The average Bonchev–Trinajstić information content (AvgIpc) is 2.53. The number of nitrogens with one attached hydrogen (secondary N) is 1. The van der Waals surface area contributed by atoms with Gasteiger partial charge in [0, 0.05) is 28.1 Å². The Bertz CT molecular complexity index is 903. The van der Waals surface area contributed by atoms with Crippen LogP contribution in [0.5, 0.6) is 0 Å². The van der Waals surface area contributed by atoms with E-state index in [1.54, 1.807) is 12.1 Å². The number of rotatable bonds is 4. The van der Waals surface area contributed by atoms with E-state index in [4.69, 9.17) is 4.42 Å². The molecule has 2 aromatic carbocycles. The van der Waals surface area contributed by atoms with Crippen LogP contribution >= 0.6 is 11.8 Å². The summed E-state index contributed by atoms with van der Waals surface area (Å²) in [6.45, 7) is 1.86. The summed E-state index contributed by atoms with van der Waals surface area (Å²) in [7, 11) is 0. The monoisotopic (exact) mass is 325 g/mol. The number of fused-ring (bicyclic) bond motifs is 1. The quantitative estimate of drug-likeness (QED) is 0.585. The van der Waals surface area contributed by atoms with Crippen molar-refractivity contribution in [1.29, 1.82) is 0 Å². The fourth-order valence-corrected chi connectivity index (χ4v) is 2.98. The molecule has 0 aliphatic heterocycles. The zero-order chi connectivity index (χ0) is 16.2. The highest BCUT2D eigenvalue weighted by Crippen LogP contribution is 2.21. The van der Waals surface area contributed by atoms with Crippen molar-refractivity contribution in [1.82, 2.24) is 0 Å². The van der Waals surface area contributed by atoms with E-state index < -0.39 is 5.63 Å². The van der Waals surface area contributed by atoms with Crippen LogP contribution < -0.4 is 10.9 Å². The lowest BCUT2D eigenvalue weighted by molar-refractivity contribution is -0.113. The van der Waals surface area contributed by atoms with Crippen molar-refractivity contribution in [2.24, 2.45) is 0 Å². The molecule has 3 aromatic rings. The van der Waals surface area contributed by atoms with E-state index in [0.717, 1.165) is 15.8 Å². The summed E-state index contributed by atoms with van der Waals surface area (Å²) in [4.78, 5) is 24.5. The van der Waals surface area contributed by atoms with E-state index in [2.05, 4.69) is 5.32 Å². The van der Waals surface area contributed by atoms with Crippen LogP contribution in [-0.2, 0) is 4.79 Å². The van der Waals surface area contributed by atoms with Crippen LogP contribution in [0.1, 0.15) is 5.56 Å². The number of benzene rings is 2. The molecule has 0 fully saturated rings. The van der Waals surface area contributed by atoms with Crippen molar-refractivity contribution < 1.29 is 9.21 Å². The van der Waals surface area contributed by atoms with Gasteiger partial charge in [0.2, 0.25) is 5.91 Å². The van der Waals surface area contributed by atoms with E-state index in [0.29, 0.717) is 17.0 Å². The second kappa shape index (κ2) is 6.71. The van der Waals surface area contributed by atoms with Gasteiger partial charge in [0.25, 0.3) is 0 Å². The Kier molecular flexibility index (Phi) is 4.48. The van der Waals surface area contributed by atoms with Crippen molar-refractivity contribution in [3.05, 3.63) is 70.6 Å². The predicted octanol–water partition coefficient (Wildman–Crippen LogP) is 3.83. The summed E-state index contributed by atoms with van der Waals surface area (Å²) in [5.41, 5.74) is 1.56. The molecule has 4 nitrogen and oxygen atoms in total. The van der Waals surface area contributed by atoms with Crippen LogP contribution in [0, 0.1) is 6.92 Å².